The number of hydrogen-bond donors (Lipinski definition) is 2. The lowest BCUT2D eigenvalue weighted by atomic mass is 9.83. The maximum absolute atomic E-state index is 12.9. The van der Waals surface area contributed by atoms with Crippen LogP contribution in [0.1, 0.15) is 58.2 Å². The zero-order valence-corrected chi connectivity index (χ0v) is 26.2. The number of ether oxygens (including phenoxy) is 2. The number of benzene rings is 3. The van der Waals surface area contributed by atoms with Crippen LogP contribution in [0.5, 0.6) is 11.5 Å². The fourth-order valence-electron chi connectivity index (χ4n) is 4.61. The van der Waals surface area contributed by atoms with Crippen molar-refractivity contribution in [3.05, 3.63) is 105 Å². The number of aromatic nitrogens is 1. The molecule has 2 amide bonds. The molecule has 230 valence electrons. The second kappa shape index (κ2) is 14.2. The summed E-state index contributed by atoms with van der Waals surface area (Å²) in [6.07, 6.45) is 3.14. The number of nitrogens with two attached hydrogens (primary N) is 1. The molecule has 1 heterocycles. The number of hydrogen-bond acceptors (Lipinski definition) is 8. The van der Waals surface area contributed by atoms with E-state index in [4.69, 9.17) is 26.8 Å². The molecule has 4 aromatic rings. The Kier molecular flexibility index (Phi) is 10.2. The summed E-state index contributed by atoms with van der Waals surface area (Å²) in [4.78, 5) is 29.9. The molecule has 1 unspecified atom stereocenters. The number of thiazole rings is 1. The van der Waals surface area contributed by atoms with Gasteiger partial charge in [0.2, 0.25) is 0 Å². The Morgan fingerprint density at radius 3 is 2.48 bits per heavy atom. The van der Waals surface area contributed by atoms with Gasteiger partial charge in [0.25, 0.3) is 18.0 Å². The van der Waals surface area contributed by atoms with Gasteiger partial charge in [-0.25, -0.2) is 13.4 Å². The van der Waals surface area contributed by atoms with E-state index in [-0.39, 0.29) is 16.2 Å². The van der Waals surface area contributed by atoms with Gasteiger partial charge < -0.3 is 20.5 Å². The van der Waals surface area contributed by atoms with Crippen LogP contribution in [0, 0.1) is 0 Å². The standard InChI is InChI=1S/C32H32ClN3O6S2/c33-24-11-15-27(16-12-24)44(39,40)17-3-4-21-9-13-25(14-10-21)42-32(30(34)37)36-31(38)23-7-2-8-26(18-23)41-19-29-35-28(20-43-29)22-5-1-6-22/h2,7-16,18,20,22,32H,1,3-6,17,19H2,(H2,34,37)(H,36,38). The molecule has 3 N–H and O–H groups in total. The third-order valence-electron chi connectivity index (χ3n) is 7.30. The van der Waals surface area contributed by atoms with Crippen LogP contribution < -0.4 is 20.5 Å². The number of rotatable bonds is 14. The summed E-state index contributed by atoms with van der Waals surface area (Å²) in [5.74, 6) is -0.0729. The summed E-state index contributed by atoms with van der Waals surface area (Å²) < 4.78 is 36.6. The van der Waals surface area contributed by atoms with Gasteiger partial charge in [-0.05, 0) is 85.8 Å². The summed E-state index contributed by atoms with van der Waals surface area (Å²) in [7, 11) is -3.42. The average molecular weight is 654 g/mol. The quantitative estimate of drug-likeness (QED) is 0.167. The number of carbonyl (C=O) groups is 2. The molecule has 1 aliphatic rings. The topological polar surface area (TPSA) is 138 Å². The first-order valence-electron chi connectivity index (χ1n) is 14.2. The lowest BCUT2D eigenvalue weighted by Gasteiger charge is -2.22. The average Bonchev–Trinajstić information content (AvgIpc) is 3.44. The Morgan fingerprint density at radius 1 is 1.05 bits per heavy atom. The molecule has 1 atom stereocenters. The number of primary amides is 1. The second-order valence-electron chi connectivity index (χ2n) is 10.5. The van der Waals surface area contributed by atoms with E-state index in [1.807, 2.05) is 0 Å². The molecule has 3 aromatic carbocycles. The van der Waals surface area contributed by atoms with E-state index in [1.54, 1.807) is 72.0 Å². The largest absolute Gasteiger partial charge is 0.486 e. The zero-order chi connectivity index (χ0) is 31.1. The predicted molar refractivity (Wildman–Crippen MR) is 169 cm³/mol. The third-order valence-corrected chi connectivity index (χ3v) is 10.2. The lowest BCUT2D eigenvalue weighted by Crippen LogP contribution is -2.48. The molecule has 9 nitrogen and oxygen atoms in total. The zero-order valence-electron chi connectivity index (χ0n) is 23.8. The van der Waals surface area contributed by atoms with Crippen molar-refractivity contribution in [2.45, 2.75) is 55.8 Å². The van der Waals surface area contributed by atoms with Crippen LogP contribution in [0.4, 0.5) is 0 Å². The monoisotopic (exact) mass is 653 g/mol. The van der Waals surface area contributed by atoms with Gasteiger partial charge in [-0.3, -0.25) is 9.59 Å². The minimum atomic E-state index is -3.42. The van der Waals surface area contributed by atoms with Gasteiger partial charge in [-0.2, -0.15) is 0 Å². The number of amides is 2. The second-order valence-corrected chi connectivity index (χ2v) is 14.0. The first-order chi connectivity index (χ1) is 21.2. The molecule has 0 bridgehead atoms. The number of nitrogens with one attached hydrogen (secondary N) is 1. The molecule has 44 heavy (non-hydrogen) atoms. The van der Waals surface area contributed by atoms with E-state index in [9.17, 15) is 18.0 Å². The summed E-state index contributed by atoms with van der Waals surface area (Å²) in [5.41, 5.74) is 7.80. The molecule has 1 saturated carbocycles. The molecule has 1 aromatic heterocycles. The third kappa shape index (κ3) is 8.37. The van der Waals surface area contributed by atoms with Crippen molar-refractivity contribution in [2.24, 2.45) is 5.73 Å². The van der Waals surface area contributed by atoms with E-state index in [1.165, 1.54) is 31.4 Å². The SMILES string of the molecule is NC(=O)C(NC(=O)c1cccc(OCc2nc(C3CCC3)cs2)c1)Oc1ccc(CCCS(=O)(=O)c2ccc(Cl)cc2)cc1. The van der Waals surface area contributed by atoms with Crippen LogP contribution in [-0.4, -0.2) is 37.2 Å². The first-order valence-corrected chi connectivity index (χ1v) is 17.1. The summed E-state index contributed by atoms with van der Waals surface area (Å²) in [5, 5.41) is 5.95. The van der Waals surface area contributed by atoms with Crippen molar-refractivity contribution >= 4 is 44.6 Å². The summed E-state index contributed by atoms with van der Waals surface area (Å²) in [6, 6.07) is 19.5. The predicted octanol–water partition coefficient (Wildman–Crippen LogP) is 5.67. The van der Waals surface area contributed by atoms with Crippen molar-refractivity contribution in [1.82, 2.24) is 10.3 Å². The van der Waals surface area contributed by atoms with Crippen molar-refractivity contribution in [3.63, 3.8) is 0 Å². The Labute approximate surface area is 265 Å². The molecule has 5 rings (SSSR count). The fraction of sp³-hybridized carbons (Fsp3) is 0.281. The van der Waals surface area contributed by atoms with Gasteiger partial charge in [0.05, 0.1) is 16.3 Å². The molecule has 1 fully saturated rings. The van der Waals surface area contributed by atoms with Crippen LogP contribution in [-0.2, 0) is 27.7 Å². The Hall–Kier alpha value is -3.93. The highest BCUT2D eigenvalue weighted by atomic mass is 35.5. The molecule has 0 radical (unpaired) electrons. The Balaban J connectivity index is 1.12. The number of sulfone groups is 1. The van der Waals surface area contributed by atoms with Crippen LogP contribution in [0.2, 0.25) is 5.02 Å². The molecule has 12 heteroatoms. The number of nitrogens with zero attached hydrogens (tertiary/aromatic N) is 1. The number of carbonyl (C=O) groups excluding carboxylic acids is 2. The summed E-state index contributed by atoms with van der Waals surface area (Å²) in [6.45, 7) is 0.295. The van der Waals surface area contributed by atoms with E-state index < -0.39 is 27.9 Å². The minimum Gasteiger partial charge on any atom is -0.486 e. The van der Waals surface area contributed by atoms with E-state index in [0.717, 1.165) is 16.3 Å². The Bertz CT molecular complexity index is 1700. The van der Waals surface area contributed by atoms with Crippen LogP contribution in [0.3, 0.4) is 0 Å². The van der Waals surface area contributed by atoms with E-state index in [0.29, 0.717) is 41.9 Å². The number of aryl methyl sites for hydroxylation is 1. The van der Waals surface area contributed by atoms with Gasteiger partial charge >= 0.3 is 0 Å². The highest BCUT2D eigenvalue weighted by molar-refractivity contribution is 7.91. The summed E-state index contributed by atoms with van der Waals surface area (Å²) >= 11 is 7.41. The van der Waals surface area contributed by atoms with Crippen molar-refractivity contribution < 1.29 is 27.5 Å². The van der Waals surface area contributed by atoms with Crippen molar-refractivity contribution in [1.29, 1.82) is 0 Å². The highest BCUT2D eigenvalue weighted by Gasteiger charge is 2.23. The van der Waals surface area contributed by atoms with E-state index in [2.05, 4.69) is 15.7 Å². The highest BCUT2D eigenvalue weighted by Crippen LogP contribution is 2.36. The maximum Gasteiger partial charge on any atom is 0.280 e. The minimum absolute atomic E-state index is 0.0127. The Morgan fingerprint density at radius 2 is 1.80 bits per heavy atom. The van der Waals surface area contributed by atoms with Gasteiger partial charge in [-0.1, -0.05) is 36.2 Å². The molecular formula is C32H32ClN3O6S2. The van der Waals surface area contributed by atoms with Gasteiger partial charge in [0.15, 0.2) is 9.84 Å². The smallest absolute Gasteiger partial charge is 0.280 e. The van der Waals surface area contributed by atoms with Gasteiger partial charge in [0, 0.05) is 21.9 Å². The molecular weight excluding hydrogens is 622 g/mol. The van der Waals surface area contributed by atoms with Gasteiger partial charge in [0.1, 0.15) is 23.1 Å². The maximum atomic E-state index is 12.9. The van der Waals surface area contributed by atoms with Crippen LogP contribution >= 0.6 is 22.9 Å². The van der Waals surface area contributed by atoms with E-state index >= 15 is 0 Å². The molecule has 1 aliphatic carbocycles. The van der Waals surface area contributed by atoms with Crippen LogP contribution in [0.15, 0.2) is 83.1 Å². The first kappa shape index (κ1) is 31.5. The fourth-order valence-corrected chi connectivity index (χ4v) is 6.84. The normalized spacial score (nSPS) is 13.9. The molecule has 0 spiro atoms. The number of halogens is 1. The molecule has 0 saturated heterocycles. The van der Waals surface area contributed by atoms with Crippen molar-refractivity contribution in [3.8, 4) is 11.5 Å². The lowest BCUT2D eigenvalue weighted by molar-refractivity contribution is -0.125. The van der Waals surface area contributed by atoms with Crippen molar-refractivity contribution in [2.75, 3.05) is 5.75 Å². The van der Waals surface area contributed by atoms with Gasteiger partial charge in [-0.15, -0.1) is 11.3 Å². The molecule has 0 aliphatic heterocycles. The van der Waals surface area contributed by atoms with Crippen LogP contribution in [0.25, 0.3) is 0 Å².